The number of ether oxygens (including phenoxy) is 1. The van der Waals surface area contributed by atoms with Crippen LogP contribution in [0.2, 0.25) is 0 Å². The Kier molecular flexibility index (Phi) is 11.3. The third-order valence-corrected chi connectivity index (χ3v) is 5.51. The molecular formula is C20H32ClN3O3S. The zero-order chi connectivity index (χ0) is 19.6. The molecule has 1 aliphatic heterocycles. The van der Waals surface area contributed by atoms with E-state index in [0.29, 0.717) is 24.6 Å². The van der Waals surface area contributed by atoms with Crippen LogP contribution in [0.5, 0.6) is 5.75 Å². The van der Waals surface area contributed by atoms with Crippen LogP contribution in [-0.4, -0.2) is 60.5 Å². The number of nitrogens with two attached hydrogens (primary N) is 1. The smallest absolute Gasteiger partial charge is 0.258 e. The van der Waals surface area contributed by atoms with E-state index in [1.807, 2.05) is 36.3 Å². The van der Waals surface area contributed by atoms with Crippen molar-refractivity contribution < 1.29 is 14.3 Å². The maximum Gasteiger partial charge on any atom is 0.258 e. The first-order valence-corrected chi connectivity index (χ1v) is 10.9. The first-order valence-electron chi connectivity index (χ1n) is 9.51. The molecule has 0 aromatic heterocycles. The quantitative estimate of drug-likeness (QED) is 0.629. The Bertz CT molecular complexity index is 604. The predicted octanol–water partition coefficient (Wildman–Crippen LogP) is 2.31. The Morgan fingerprint density at radius 2 is 2.07 bits per heavy atom. The van der Waals surface area contributed by atoms with Crippen molar-refractivity contribution in [2.45, 2.75) is 38.3 Å². The van der Waals surface area contributed by atoms with E-state index in [0.717, 1.165) is 25.1 Å². The minimum atomic E-state index is -0.517. The van der Waals surface area contributed by atoms with Crippen LogP contribution >= 0.6 is 24.2 Å². The van der Waals surface area contributed by atoms with Crippen molar-refractivity contribution in [2.24, 2.45) is 11.7 Å². The first kappa shape index (κ1) is 24.6. The molecule has 2 rings (SSSR count). The summed E-state index contributed by atoms with van der Waals surface area (Å²) in [6.07, 6.45) is 4.61. The number of likely N-dealkylation sites (tertiary alicyclic amines) is 1. The predicted molar refractivity (Wildman–Crippen MR) is 117 cm³/mol. The number of carbonyl (C=O) groups is 2. The molecule has 1 aliphatic rings. The first-order chi connectivity index (χ1) is 13.0. The molecule has 3 N–H and O–H groups in total. The van der Waals surface area contributed by atoms with Gasteiger partial charge < -0.3 is 20.7 Å². The van der Waals surface area contributed by atoms with Crippen molar-refractivity contribution in [2.75, 3.05) is 31.7 Å². The van der Waals surface area contributed by atoms with Crippen LogP contribution in [0.15, 0.2) is 30.3 Å². The molecule has 0 saturated carbocycles. The largest absolute Gasteiger partial charge is 0.484 e. The van der Waals surface area contributed by atoms with E-state index in [1.165, 1.54) is 0 Å². The fourth-order valence-corrected chi connectivity index (χ4v) is 3.73. The summed E-state index contributed by atoms with van der Waals surface area (Å²) in [6, 6.07) is 8.73. The topological polar surface area (TPSA) is 84.7 Å². The molecule has 1 aromatic rings. The monoisotopic (exact) mass is 429 g/mol. The molecule has 1 saturated heterocycles. The Hall–Kier alpha value is -1.44. The van der Waals surface area contributed by atoms with Crippen molar-refractivity contribution in [1.82, 2.24) is 10.2 Å². The Morgan fingerprint density at radius 1 is 1.36 bits per heavy atom. The summed E-state index contributed by atoms with van der Waals surface area (Å²) in [4.78, 5) is 27.2. The molecule has 1 fully saturated rings. The van der Waals surface area contributed by atoms with E-state index in [-0.39, 0.29) is 36.9 Å². The van der Waals surface area contributed by atoms with Crippen molar-refractivity contribution in [3.63, 3.8) is 0 Å². The lowest BCUT2D eigenvalue weighted by Crippen LogP contribution is -2.53. The number of thioether (sulfide) groups is 1. The second-order valence-electron chi connectivity index (χ2n) is 7.05. The van der Waals surface area contributed by atoms with Crippen molar-refractivity contribution in [3.05, 3.63) is 30.3 Å². The summed E-state index contributed by atoms with van der Waals surface area (Å²) >= 11 is 1.66. The molecule has 3 unspecified atom stereocenters. The third-order valence-electron chi connectivity index (χ3n) is 4.87. The lowest BCUT2D eigenvalue weighted by molar-refractivity contribution is -0.138. The molecule has 2 amide bonds. The molecule has 0 radical (unpaired) electrons. The minimum absolute atomic E-state index is 0. The second-order valence-corrected chi connectivity index (χ2v) is 8.03. The average molecular weight is 430 g/mol. The van der Waals surface area contributed by atoms with Crippen LogP contribution in [0.1, 0.15) is 26.2 Å². The highest BCUT2D eigenvalue weighted by Crippen LogP contribution is 2.20. The van der Waals surface area contributed by atoms with Crippen molar-refractivity contribution in [3.8, 4) is 5.75 Å². The number of piperidine rings is 1. The van der Waals surface area contributed by atoms with E-state index in [4.69, 9.17) is 10.5 Å². The number of hydrogen-bond acceptors (Lipinski definition) is 5. The fraction of sp³-hybridized carbons (Fsp3) is 0.600. The molecule has 28 heavy (non-hydrogen) atoms. The second kappa shape index (κ2) is 12.9. The van der Waals surface area contributed by atoms with Gasteiger partial charge in [0.2, 0.25) is 5.91 Å². The lowest BCUT2D eigenvalue weighted by atomic mass is 9.91. The number of carbonyl (C=O) groups excluding carboxylic acids is 2. The van der Waals surface area contributed by atoms with Crippen LogP contribution in [0, 0.1) is 5.92 Å². The molecule has 158 valence electrons. The summed E-state index contributed by atoms with van der Waals surface area (Å²) in [5, 5.41) is 2.86. The van der Waals surface area contributed by atoms with Crippen LogP contribution < -0.4 is 15.8 Å². The van der Waals surface area contributed by atoms with Crippen LogP contribution in [0.25, 0.3) is 0 Å². The molecule has 1 heterocycles. The number of para-hydroxylation sites is 1. The van der Waals surface area contributed by atoms with Gasteiger partial charge in [-0.2, -0.15) is 11.8 Å². The molecule has 3 atom stereocenters. The van der Waals surface area contributed by atoms with Crippen LogP contribution in [0.3, 0.4) is 0 Å². The maximum atomic E-state index is 13.0. The summed E-state index contributed by atoms with van der Waals surface area (Å²) in [5.74, 6) is 1.47. The van der Waals surface area contributed by atoms with Gasteiger partial charge >= 0.3 is 0 Å². The van der Waals surface area contributed by atoms with Gasteiger partial charge in [-0.25, -0.2) is 0 Å². The standard InChI is InChI=1S/C20H31N3O3S.ClH/c1-15(21)16-7-6-11-23(13-16)20(25)18(10-12-27-2)22-19(24)14-26-17-8-4-3-5-9-17;/h3-5,8-9,15-16,18H,6-7,10-14,21H2,1-2H3,(H,22,24);1H. The van der Waals surface area contributed by atoms with E-state index >= 15 is 0 Å². The SMILES string of the molecule is CSCCC(NC(=O)COc1ccccc1)C(=O)N1CCCC(C(C)N)C1.Cl. The number of rotatable bonds is 9. The van der Waals surface area contributed by atoms with Crippen molar-refractivity contribution in [1.29, 1.82) is 0 Å². The third kappa shape index (κ3) is 7.89. The van der Waals surface area contributed by atoms with Gasteiger partial charge in [-0.05, 0) is 56.2 Å². The Balaban J connectivity index is 0.00000392. The molecule has 8 heteroatoms. The van der Waals surface area contributed by atoms with E-state index in [2.05, 4.69) is 5.32 Å². The van der Waals surface area contributed by atoms with Gasteiger partial charge in [0.15, 0.2) is 6.61 Å². The molecule has 0 spiro atoms. The number of benzene rings is 1. The highest BCUT2D eigenvalue weighted by molar-refractivity contribution is 7.98. The minimum Gasteiger partial charge on any atom is -0.484 e. The molecular weight excluding hydrogens is 398 g/mol. The van der Waals surface area contributed by atoms with Crippen molar-refractivity contribution >= 4 is 36.0 Å². The molecule has 6 nitrogen and oxygen atoms in total. The summed E-state index contributed by atoms with van der Waals surface area (Å²) < 4.78 is 5.49. The normalized spacial score (nSPS) is 18.5. The average Bonchev–Trinajstić information content (AvgIpc) is 2.69. The highest BCUT2D eigenvalue weighted by Gasteiger charge is 2.30. The highest BCUT2D eigenvalue weighted by atomic mass is 35.5. The zero-order valence-corrected chi connectivity index (χ0v) is 18.3. The number of amides is 2. The number of nitrogens with one attached hydrogen (secondary N) is 1. The number of hydrogen-bond donors (Lipinski definition) is 2. The van der Waals surface area contributed by atoms with E-state index in [9.17, 15) is 9.59 Å². The van der Waals surface area contributed by atoms with Gasteiger partial charge in [-0.15, -0.1) is 12.4 Å². The van der Waals surface area contributed by atoms with Gasteiger partial charge in [0, 0.05) is 19.1 Å². The maximum absolute atomic E-state index is 13.0. The number of nitrogens with zero attached hydrogens (tertiary/aromatic N) is 1. The van der Waals surface area contributed by atoms with E-state index in [1.54, 1.807) is 23.9 Å². The van der Waals surface area contributed by atoms with Gasteiger partial charge in [0.05, 0.1) is 0 Å². The molecule has 0 bridgehead atoms. The van der Waals surface area contributed by atoms with Crippen LogP contribution in [-0.2, 0) is 9.59 Å². The van der Waals surface area contributed by atoms with Gasteiger partial charge in [0.1, 0.15) is 11.8 Å². The summed E-state index contributed by atoms with van der Waals surface area (Å²) in [7, 11) is 0. The number of halogens is 1. The fourth-order valence-electron chi connectivity index (χ4n) is 3.25. The van der Waals surface area contributed by atoms with E-state index < -0.39 is 6.04 Å². The molecule has 0 aliphatic carbocycles. The Labute approximate surface area is 178 Å². The van der Waals surface area contributed by atoms with Gasteiger partial charge in [0.25, 0.3) is 5.91 Å². The van der Waals surface area contributed by atoms with Gasteiger partial charge in [-0.1, -0.05) is 18.2 Å². The summed E-state index contributed by atoms with van der Waals surface area (Å²) in [6.45, 7) is 3.29. The zero-order valence-electron chi connectivity index (χ0n) is 16.6. The Morgan fingerprint density at radius 3 is 2.71 bits per heavy atom. The van der Waals surface area contributed by atoms with Gasteiger partial charge in [-0.3, -0.25) is 9.59 Å². The van der Waals surface area contributed by atoms with Crippen LogP contribution in [0.4, 0.5) is 0 Å². The molecule has 1 aromatic carbocycles. The lowest BCUT2D eigenvalue weighted by Gasteiger charge is -2.36. The summed E-state index contributed by atoms with van der Waals surface area (Å²) in [5.41, 5.74) is 6.03.